The van der Waals surface area contributed by atoms with Crippen molar-refractivity contribution >= 4 is 0 Å². The van der Waals surface area contributed by atoms with Gasteiger partial charge in [0, 0.05) is 30.9 Å². The topological polar surface area (TPSA) is 30.3 Å². The summed E-state index contributed by atoms with van der Waals surface area (Å²) < 4.78 is 7.19. The quantitative estimate of drug-likeness (QED) is 0.818. The second-order valence-electron chi connectivity index (χ2n) is 6.34. The van der Waals surface area contributed by atoms with E-state index in [-0.39, 0.29) is 0 Å². The molecule has 4 nitrogen and oxygen atoms in total. The minimum Gasteiger partial charge on any atom is -0.497 e. The van der Waals surface area contributed by atoms with Crippen LogP contribution in [0.4, 0.5) is 0 Å². The maximum atomic E-state index is 5.27. The normalized spacial score (nSPS) is 15.6. The zero-order valence-corrected chi connectivity index (χ0v) is 13.5. The Morgan fingerprint density at radius 3 is 2.91 bits per heavy atom. The number of nitrogens with zero attached hydrogens (tertiary/aromatic N) is 3. The van der Waals surface area contributed by atoms with Crippen LogP contribution in [0.5, 0.6) is 5.75 Å². The molecule has 0 atom stereocenters. The Morgan fingerprint density at radius 1 is 1.32 bits per heavy atom. The zero-order valence-electron chi connectivity index (χ0n) is 13.5. The largest absolute Gasteiger partial charge is 0.497 e. The van der Waals surface area contributed by atoms with Gasteiger partial charge in [-0.05, 0) is 37.9 Å². The molecule has 0 unspecified atom stereocenters. The fourth-order valence-electron chi connectivity index (χ4n) is 3.35. The molecule has 1 aromatic carbocycles. The van der Waals surface area contributed by atoms with Crippen molar-refractivity contribution in [2.75, 3.05) is 20.7 Å². The van der Waals surface area contributed by atoms with Crippen molar-refractivity contribution < 1.29 is 4.74 Å². The predicted molar refractivity (Wildman–Crippen MR) is 88.4 cm³/mol. The smallest absolute Gasteiger partial charge is 0.121 e. The number of aromatic nitrogens is 2. The average molecular weight is 299 g/mol. The van der Waals surface area contributed by atoms with Crippen LogP contribution in [-0.2, 0) is 6.54 Å². The lowest BCUT2D eigenvalue weighted by atomic mass is 10.1. The van der Waals surface area contributed by atoms with Crippen LogP contribution in [0.25, 0.3) is 5.69 Å². The second kappa shape index (κ2) is 6.97. The van der Waals surface area contributed by atoms with Gasteiger partial charge >= 0.3 is 0 Å². The SMILES string of the molecule is COc1cccc(-n2cc(CN(C)CC3CCCC3)cn2)c1. The van der Waals surface area contributed by atoms with Gasteiger partial charge in [-0.1, -0.05) is 18.9 Å². The van der Waals surface area contributed by atoms with Crippen LogP contribution in [0, 0.1) is 5.92 Å². The molecule has 1 aliphatic carbocycles. The fraction of sp³-hybridized carbons (Fsp3) is 0.500. The maximum absolute atomic E-state index is 5.27. The molecule has 1 saturated carbocycles. The molecule has 1 fully saturated rings. The standard InChI is InChI=1S/C18H25N3O/c1-20(12-15-6-3-4-7-15)13-16-11-19-21(14-16)17-8-5-9-18(10-17)22-2/h5,8-11,14-15H,3-4,6-7,12-13H2,1-2H3. The number of hydrogen-bond donors (Lipinski definition) is 0. The van der Waals surface area contributed by atoms with Gasteiger partial charge in [-0.25, -0.2) is 4.68 Å². The first kappa shape index (κ1) is 15.1. The third-order valence-corrected chi connectivity index (χ3v) is 4.45. The number of rotatable bonds is 6. The van der Waals surface area contributed by atoms with Crippen molar-refractivity contribution in [3.05, 3.63) is 42.2 Å². The van der Waals surface area contributed by atoms with Crippen molar-refractivity contribution in [2.45, 2.75) is 32.2 Å². The molecule has 1 aliphatic rings. The Bertz CT molecular complexity index is 602. The van der Waals surface area contributed by atoms with Gasteiger partial charge in [0.25, 0.3) is 0 Å². The van der Waals surface area contributed by atoms with E-state index in [1.807, 2.05) is 35.1 Å². The summed E-state index contributed by atoms with van der Waals surface area (Å²) >= 11 is 0. The number of benzene rings is 1. The van der Waals surface area contributed by atoms with Crippen LogP contribution in [0.1, 0.15) is 31.2 Å². The van der Waals surface area contributed by atoms with Crippen molar-refractivity contribution in [3.8, 4) is 11.4 Å². The third kappa shape index (κ3) is 3.69. The van der Waals surface area contributed by atoms with Crippen LogP contribution in [-0.4, -0.2) is 35.4 Å². The van der Waals surface area contributed by atoms with E-state index in [4.69, 9.17) is 4.74 Å². The Labute approximate surface area is 132 Å². The number of methoxy groups -OCH3 is 1. The van der Waals surface area contributed by atoms with E-state index >= 15 is 0 Å². The Hall–Kier alpha value is -1.81. The van der Waals surface area contributed by atoms with Gasteiger partial charge in [0.1, 0.15) is 5.75 Å². The molecule has 22 heavy (non-hydrogen) atoms. The van der Waals surface area contributed by atoms with E-state index in [9.17, 15) is 0 Å². The summed E-state index contributed by atoms with van der Waals surface area (Å²) in [6.07, 6.45) is 9.68. The van der Waals surface area contributed by atoms with E-state index in [0.717, 1.165) is 23.9 Å². The van der Waals surface area contributed by atoms with Crippen molar-refractivity contribution in [2.24, 2.45) is 5.92 Å². The third-order valence-electron chi connectivity index (χ3n) is 4.45. The Kier molecular flexibility index (Phi) is 4.78. The second-order valence-corrected chi connectivity index (χ2v) is 6.34. The van der Waals surface area contributed by atoms with E-state index in [2.05, 4.69) is 23.2 Å². The molecule has 0 bridgehead atoms. The van der Waals surface area contributed by atoms with Gasteiger partial charge < -0.3 is 9.64 Å². The summed E-state index contributed by atoms with van der Waals surface area (Å²) in [6, 6.07) is 7.98. The molecule has 0 spiro atoms. The fourth-order valence-corrected chi connectivity index (χ4v) is 3.35. The number of hydrogen-bond acceptors (Lipinski definition) is 3. The van der Waals surface area contributed by atoms with Gasteiger partial charge in [-0.15, -0.1) is 0 Å². The molecule has 4 heteroatoms. The van der Waals surface area contributed by atoms with E-state index < -0.39 is 0 Å². The van der Waals surface area contributed by atoms with Crippen LogP contribution in [0.15, 0.2) is 36.7 Å². The van der Waals surface area contributed by atoms with E-state index in [0.29, 0.717) is 0 Å². The van der Waals surface area contributed by atoms with Gasteiger partial charge in [0.2, 0.25) is 0 Å². The van der Waals surface area contributed by atoms with Crippen LogP contribution in [0.3, 0.4) is 0 Å². The highest BCUT2D eigenvalue weighted by Crippen LogP contribution is 2.25. The summed E-state index contributed by atoms with van der Waals surface area (Å²) in [6.45, 7) is 2.16. The van der Waals surface area contributed by atoms with Crippen molar-refractivity contribution in [1.29, 1.82) is 0 Å². The molecule has 0 N–H and O–H groups in total. The summed E-state index contributed by atoms with van der Waals surface area (Å²) in [7, 11) is 3.90. The highest BCUT2D eigenvalue weighted by Gasteiger charge is 2.17. The monoisotopic (exact) mass is 299 g/mol. The highest BCUT2D eigenvalue weighted by molar-refractivity contribution is 5.38. The predicted octanol–water partition coefficient (Wildman–Crippen LogP) is 3.50. The minimum atomic E-state index is 0.855. The first-order valence-electron chi connectivity index (χ1n) is 8.11. The lowest BCUT2D eigenvalue weighted by Crippen LogP contribution is -2.23. The zero-order chi connectivity index (χ0) is 15.4. The summed E-state index contributed by atoms with van der Waals surface area (Å²) in [5.41, 5.74) is 2.28. The molecular formula is C18H25N3O. The summed E-state index contributed by atoms with van der Waals surface area (Å²) in [4.78, 5) is 2.42. The molecule has 0 aliphatic heterocycles. The van der Waals surface area contributed by atoms with Gasteiger partial charge in [-0.2, -0.15) is 5.10 Å². The van der Waals surface area contributed by atoms with Gasteiger partial charge in [-0.3, -0.25) is 0 Å². The van der Waals surface area contributed by atoms with E-state index in [1.165, 1.54) is 37.8 Å². The molecule has 3 rings (SSSR count). The molecule has 0 amide bonds. The minimum absolute atomic E-state index is 0.855. The van der Waals surface area contributed by atoms with Crippen LogP contribution >= 0.6 is 0 Å². The Morgan fingerprint density at radius 2 is 2.14 bits per heavy atom. The van der Waals surface area contributed by atoms with Crippen molar-refractivity contribution in [3.63, 3.8) is 0 Å². The molecule has 118 valence electrons. The van der Waals surface area contributed by atoms with E-state index in [1.54, 1.807) is 7.11 Å². The molecular weight excluding hydrogens is 274 g/mol. The van der Waals surface area contributed by atoms with Crippen LogP contribution in [0.2, 0.25) is 0 Å². The maximum Gasteiger partial charge on any atom is 0.121 e. The molecule has 2 aromatic rings. The van der Waals surface area contributed by atoms with Gasteiger partial charge in [0.15, 0.2) is 0 Å². The summed E-state index contributed by atoms with van der Waals surface area (Å²) in [5.74, 6) is 1.74. The Balaban J connectivity index is 1.62. The lowest BCUT2D eigenvalue weighted by molar-refractivity contribution is 0.271. The number of ether oxygens (including phenoxy) is 1. The first-order chi connectivity index (χ1) is 10.7. The molecule has 1 heterocycles. The highest BCUT2D eigenvalue weighted by atomic mass is 16.5. The molecule has 0 saturated heterocycles. The van der Waals surface area contributed by atoms with Crippen molar-refractivity contribution in [1.82, 2.24) is 14.7 Å². The molecule has 0 radical (unpaired) electrons. The average Bonchev–Trinajstić information content (AvgIpc) is 3.19. The van der Waals surface area contributed by atoms with Crippen LogP contribution < -0.4 is 4.74 Å². The first-order valence-corrected chi connectivity index (χ1v) is 8.11. The lowest BCUT2D eigenvalue weighted by Gasteiger charge is -2.19. The summed E-state index contributed by atoms with van der Waals surface area (Å²) in [5, 5.41) is 4.48. The van der Waals surface area contributed by atoms with Gasteiger partial charge in [0.05, 0.1) is 19.0 Å². The molecule has 1 aromatic heterocycles.